The van der Waals surface area contributed by atoms with Gasteiger partial charge in [0.15, 0.2) is 16.2 Å². The third kappa shape index (κ3) is 17.8. The molecule has 1 aliphatic rings. The fourth-order valence-corrected chi connectivity index (χ4v) is 5.24. The van der Waals surface area contributed by atoms with E-state index in [1.165, 1.54) is 96.3 Å². The molecule has 1 rings (SSSR count). The molecule has 0 amide bonds. The molecule has 37 heavy (non-hydrogen) atoms. The predicted molar refractivity (Wildman–Crippen MR) is 161 cm³/mol. The molecule has 0 aromatic rings. The zero-order valence-corrected chi connectivity index (χ0v) is 25.4. The Hall–Kier alpha value is -0.340. The van der Waals surface area contributed by atoms with Gasteiger partial charge < -0.3 is 24.4 Å². The lowest BCUT2D eigenvalue weighted by Crippen LogP contribution is -2.56. The summed E-state index contributed by atoms with van der Waals surface area (Å²) in [6.07, 6.45) is 20.7. The summed E-state index contributed by atoms with van der Waals surface area (Å²) in [5, 5.41) is 22.1. The molecule has 0 saturated carbocycles. The molecule has 4 atom stereocenters. The van der Waals surface area contributed by atoms with Crippen molar-refractivity contribution >= 4 is 34.5 Å². The van der Waals surface area contributed by atoms with Crippen molar-refractivity contribution < 1.29 is 24.4 Å². The van der Waals surface area contributed by atoms with Crippen LogP contribution in [0.25, 0.3) is 0 Å². The molecule has 0 aromatic heterocycles. The molecule has 1 heterocycles. The third-order valence-corrected chi connectivity index (χ3v) is 7.85. The monoisotopic (exact) mass is 560 g/mol. The molecular weight excluding hydrogens is 504 g/mol. The van der Waals surface area contributed by atoms with Crippen LogP contribution in [0.1, 0.15) is 142 Å². The number of rotatable bonds is 23. The van der Waals surface area contributed by atoms with Crippen LogP contribution in [0.15, 0.2) is 0 Å². The summed E-state index contributed by atoms with van der Waals surface area (Å²) in [4.78, 5) is 0. The van der Waals surface area contributed by atoms with Gasteiger partial charge in [-0.1, -0.05) is 117 Å². The molecule has 1 aliphatic heterocycles. The maximum absolute atomic E-state index is 10.7. The van der Waals surface area contributed by atoms with Crippen LogP contribution in [0.3, 0.4) is 0 Å². The molecular formula is C30H56O5S2. The van der Waals surface area contributed by atoms with Crippen molar-refractivity contribution in [2.24, 2.45) is 0 Å². The van der Waals surface area contributed by atoms with Gasteiger partial charge >= 0.3 is 0 Å². The molecule has 218 valence electrons. The number of hydrogen-bond acceptors (Lipinski definition) is 7. The topological polar surface area (TPSA) is 68.2 Å². The molecule has 2 N–H and O–H groups in total. The molecule has 7 heteroatoms. The van der Waals surface area contributed by atoms with Crippen LogP contribution < -0.4 is 0 Å². The summed E-state index contributed by atoms with van der Waals surface area (Å²) in [7, 11) is 0. The Kier molecular flexibility index (Phi) is 22.1. The third-order valence-electron chi connectivity index (χ3n) is 7.22. The highest BCUT2D eigenvalue weighted by Gasteiger charge is 2.41. The second-order valence-corrected chi connectivity index (χ2v) is 11.6. The first-order chi connectivity index (χ1) is 18.0. The summed E-state index contributed by atoms with van der Waals surface area (Å²) >= 11 is 10.8. The zero-order chi connectivity index (χ0) is 27.1. The van der Waals surface area contributed by atoms with Crippen LogP contribution in [0.4, 0.5) is 0 Å². The van der Waals surface area contributed by atoms with Crippen molar-refractivity contribution in [3.63, 3.8) is 0 Å². The van der Waals surface area contributed by atoms with E-state index in [1.54, 1.807) is 0 Å². The Labute approximate surface area is 238 Å². The summed E-state index contributed by atoms with van der Waals surface area (Å²) < 4.78 is 17.2. The van der Waals surface area contributed by atoms with Gasteiger partial charge in [0.1, 0.15) is 24.9 Å². The summed E-state index contributed by atoms with van der Waals surface area (Å²) in [5.74, 6) is 0. The van der Waals surface area contributed by atoms with E-state index in [2.05, 4.69) is 13.8 Å². The second kappa shape index (κ2) is 23.5. The van der Waals surface area contributed by atoms with E-state index in [1.807, 2.05) is 0 Å². The van der Waals surface area contributed by atoms with E-state index in [-0.39, 0.29) is 13.2 Å². The molecule has 1 saturated heterocycles. The summed E-state index contributed by atoms with van der Waals surface area (Å²) in [6.45, 7) is 4.74. The number of aliphatic hydroxyl groups excluding tert-OH is 2. The number of thiocarbonyl (C=S) groups is 2. The van der Waals surface area contributed by atoms with Gasteiger partial charge in [0.25, 0.3) is 0 Å². The van der Waals surface area contributed by atoms with Crippen LogP contribution in [0.5, 0.6) is 0 Å². The van der Waals surface area contributed by atoms with Gasteiger partial charge in [-0.25, -0.2) is 0 Å². The Balaban J connectivity index is 2.16. The van der Waals surface area contributed by atoms with Crippen molar-refractivity contribution in [1.82, 2.24) is 0 Å². The molecule has 0 radical (unpaired) electrons. The Morgan fingerprint density at radius 3 is 1.59 bits per heavy atom. The molecule has 0 unspecified atom stereocenters. The molecule has 1 fully saturated rings. The van der Waals surface area contributed by atoms with Gasteiger partial charge in [-0.3, -0.25) is 0 Å². The van der Waals surface area contributed by atoms with Crippen molar-refractivity contribution in [3.05, 3.63) is 0 Å². The van der Waals surface area contributed by atoms with E-state index < -0.39 is 24.4 Å². The summed E-state index contributed by atoms with van der Waals surface area (Å²) in [6, 6.07) is 0. The Morgan fingerprint density at radius 2 is 1.11 bits per heavy atom. The SMILES string of the molecule is CCCCCCCCCCCC(=S)OC[C@H]1OC[C@H](O)[C@@H](OC(=S)CCCCCCCCCCC)[C@@H]1O. The van der Waals surface area contributed by atoms with Crippen LogP contribution in [-0.2, 0) is 14.2 Å². The lowest BCUT2D eigenvalue weighted by molar-refractivity contribution is -0.189. The van der Waals surface area contributed by atoms with E-state index in [0.29, 0.717) is 16.5 Å². The van der Waals surface area contributed by atoms with Crippen molar-refractivity contribution in [2.75, 3.05) is 13.2 Å². The lowest BCUT2D eigenvalue weighted by Gasteiger charge is -2.37. The van der Waals surface area contributed by atoms with Crippen LogP contribution in [0, 0.1) is 0 Å². The van der Waals surface area contributed by atoms with Gasteiger partial charge in [-0.05, 0) is 37.3 Å². The van der Waals surface area contributed by atoms with Crippen molar-refractivity contribution in [1.29, 1.82) is 0 Å². The Morgan fingerprint density at radius 1 is 0.676 bits per heavy atom. The van der Waals surface area contributed by atoms with Crippen molar-refractivity contribution in [2.45, 2.75) is 167 Å². The number of unbranched alkanes of at least 4 members (excludes halogenated alkanes) is 16. The van der Waals surface area contributed by atoms with Gasteiger partial charge in [0.2, 0.25) is 0 Å². The van der Waals surface area contributed by atoms with Crippen LogP contribution >= 0.6 is 24.4 Å². The summed E-state index contributed by atoms with van der Waals surface area (Å²) in [5.41, 5.74) is 0. The number of aliphatic hydroxyl groups is 2. The first kappa shape index (κ1) is 34.7. The van der Waals surface area contributed by atoms with Gasteiger partial charge in [0, 0.05) is 12.8 Å². The van der Waals surface area contributed by atoms with Gasteiger partial charge in [-0.2, -0.15) is 0 Å². The van der Waals surface area contributed by atoms with E-state index >= 15 is 0 Å². The minimum absolute atomic E-state index is 0.0847. The average Bonchev–Trinajstić information content (AvgIpc) is 2.88. The number of hydrogen-bond donors (Lipinski definition) is 2. The average molecular weight is 561 g/mol. The fraction of sp³-hybridized carbons (Fsp3) is 0.933. The molecule has 0 aromatic carbocycles. The zero-order valence-electron chi connectivity index (χ0n) is 23.8. The predicted octanol–water partition coefficient (Wildman–Crippen LogP) is 8.01. The quantitative estimate of drug-likeness (QED) is 0.0969. The minimum Gasteiger partial charge on any atom is -0.484 e. The standard InChI is InChI=1S/C30H56O5S2/c1-3-5-7-9-11-13-15-17-19-21-27(36)34-24-26-29(32)30(25(31)23-33-26)35-28(37)22-20-18-16-14-12-10-8-6-4-2/h25-26,29-32H,3-24H2,1-2H3/t25-,26+,29+,30+/m0/s1. The Bertz CT molecular complexity index is 574. The highest BCUT2D eigenvalue weighted by molar-refractivity contribution is 7.80. The minimum atomic E-state index is -1.01. The van der Waals surface area contributed by atoms with Crippen LogP contribution in [-0.4, -0.2) is 57.9 Å². The first-order valence-electron chi connectivity index (χ1n) is 15.3. The fourth-order valence-electron chi connectivity index (χ4n) is 4.77. The smallest absolute Gasteiger partial charge is 0.160 e. The largest absolute Gasteiger partial charge is 0.484 e. The van der Waals surface area contributed by atoms with Gasteiger partial charge in [0.05, 0.1) is 6.61 Å². The molecule has 0 spiro atoms. The van der Waals surface area contributed by atoms with Crippen LogP contribution in [0.2, 0.25) is 0 Å². The van der Waals surface area contributed by atoms with E-state index in [4.69, 9.17) is 38.6 Å². The normalized spacial score (nSPS) is 21.6. The lowest BCUT2D eigenvalue weighted by atomic mass is 10.00. The maximum atomic E-state index is 10.7. The maximum Gasteiger partial charge on any atom is 0.160 e. The second-order valence-electron chi connectivity index (χ2n) is 10.7. The highest BCUT2D eigenvalue weighted by atomic mass is 32.1. The molecule has 5 nitrogen and oxygen atoms in total. The first-order valence-corrected chi connectivity index (χ1v) is 16.1. The number of ether oxygens (including phenoxy) is 3. The highest BCUT2D eigenvalue weighted by Crippen LogP contribution is 2.21. The van der Waals surface area contributed by atoms with Crippen molar-refractivity contribution in [3.8, 4) is 0 Å². The van der Waals surface area contributed by atoms with E-state index in [9.17, 15) is 10.2 Å². The van der Waals surface area contributed by atoms with E-state index in [0.717, 1.165) is 25.7 Å². The molecule has 0 aliphatic carbocycles. The van der Waals surface area contributed by atoms with Gasteiger partial charge in [-0.15, -0.1) is 0 Å². The molecule has 0 bridgehead atoms.